The van der Waals surface area contributed by atoms with Crippen molar-refractivity contribution >= 4 is 29.1 Å². The second-order valence-electron chi connectivity index (χ2n) is 3.42. The molecule has 0 bridgehead atoms. The first kappa shape index (κ1) is 14.5. The van der Waals surface area contributed by atoms with Crippen LogP contribution >= 0.6 is 23.4 Å². The average Bonchev–Trinajstić information content (AvgIpc) is 2.23. The van der Waals surface area contributed by atoms with Gasteiger partial charge in [0.1, 0.15) is 0 Å². The molecule has 0 saturated heterocycles. The number of halogens is 4. The van der Waals surface area contributed by atoms with Gasteiger partial charge in [0, 0.05) is 18.0 Å². The first-order valence-corrected chi connectivity index (χ1v) is 6.50. The van der Waals surface area contributed by atoms with Crippen LogP contribution in [0.15, 0.2) is 24.3 Å². The number of thioether (sulfide) groups is 1. The highest BCUT2D eigenvalue weighted by Gasteiger charge is 2.27. The van der Waals surface area contributed by atoms with Gasteiger partial charge >= 0.3 is 5.51 Å². The third-order valence-electron chi connectivity index (χ3n) is 2.07. The Balaban J connectivity index is 2.47. The smallest absolute Gasteiger partial charge is 0.384 e. The third kappa shape index (κ3) is 5.55. The molecule has 0 aromatic heterocycles. The van der Waals surface area contributed by atoms with Gasteiger partial charge in [-0.15, -0.1) is 11.6 Å². The zero-order valence-electron chi connectivity index (χ0n) is 9.22. The highest BCUT2D eigenvalue weighted by molar-refractivity contribution is 8.00. The standard InChI is InChI=1S/C11H13ClF3NS/c1-8(12)9-4-2-3-5-10(9)16-6-7-17-11(13,14)15/h2-5,8,16H,6-7H2,1H3. The highest BCUT2D eigenvalue weighted by atomic mass is 35.5. The van der Waals surface area contributed by atoms with Crippen molar-refractivity contribution in [3.05, 3.63) is 29.8 Å². The fourth-order valence-corrected chi connectivity index (χ4v) is 1.98. The summed E-state index contributed by atoms with van der Waals surface area (Å²) in [5.41, 5.74) is -2.48. The molecule has 0 spiro atoms. The molecule has 0 radical (unpaired) electrons. The van der Waals surface area contributed by atoms with Gasteiger partial charge in [0.2, 0.25) is 0 Å². The highest BCUT2D eigenvalue weighted by Crippen LogP contribution is 2.30. The second kappa shape index (κ2) is 6.40. The Bertz CT molecular complexity index is 355. The van der Waals surface area contributed by atoms with Crippen LogP contribution in [0.1, 0.15) is 17.9 Å². The van der Waals surface area contributed by atoms with Crippen molar-refractivity contribution in [2.45, 2.75) is 17.8 Å². The van der Waals surface area contributed by atoms with Crippen LogP contribution in [-0.4, -0.2) is 17.8 Å². The first-order chi connectivity index (χ1) is 7.90. The van der Waals surface area contributed by atoms with Crippen LogP contribution in [0.25, 0.3) is 0 Å². The summed E-state index contributed by atoms with van der Waals surface area (Å²) < 4.78 is 35.7. The summed E-state index contributed by atoms with van der Waals surface area (Å²) in [5, 5.41) is 2.79. The minimum atomic E-state index is -4.17. The molecule has 0 amide bonds. The first-order valence-electron chi connectivity index (χ1n) is 5.07. The van der Waals surface area contributed by atoms with Gasteiger partial charge in [-0.05, 0) is 30.3 Å². The van der Waals surface area contributed by atoms with Crippen LogP contribution < -0.4 is 5.32 Å². The minimum absolute atomic E-state index is 0.0193. The van der Waals surface area contributed by atoms with Gasteiger partial charge in [0.05, 0.1) is 5.38 Å². The SMILES string of the molecule is CC(Cl)c1ccccc1NCCSC(F)(F)F. The summed E-state index contributed by atoms with van der Waals surface area (Å²) in [4.78, 5) is 0. The summed E-state index contributed by atoms with van der Waals surface area (Å²) >= 11 is 5.94. The Morgan fingerprint density at radius 2 is 2.00 bits per heavy atom. The molecule has 1 nitrogen and oxygen atoms in total. The van der Waals surface area contributed by atoms with Crippen molar-refractivity contribution in [2.24, 2.45) is 0 Å². The maximum absolute atomic E-state index is 11.9. The molecule has 0 fully saturated rings. The van der Waals surface area contributed by atoms with Crippen LogP contribution in [0.5, 0.6) is 0 Å². The lowest BCUT2D eigenvalue weighted by molar-refractivity contribution is -0.0327. The third-order valence-corrected chi connectivity index (χ3v) is 3.04. The van der Waals surface area contributed by atoms with E-state index in [1.807, 2.05) is 31.2 Å². The zero-order chi connectivity index (χ0) is 12.9. The van der Waals surface area contributed by atoms with Crippen molar-refractivity contribution in [1.82, 2.24) is 0 Å². The zero-order valence-corrected chi connectivity index (χ0v) is 10.8. The Hall–Kier alpha value is -0.550. The van der Waals surface area contributed by atoms with Crippen LogP contribution in [0.2, 0.25) is 0 Å². The molecule has 0 aliphatic heterocycles. The number of nitrogens with one attached hydrogen (secondary N) is 1. The Morgan fingerprint density at radius 1 is 1.35 bits per heavy atom. The summed E-state index contributed by atoms with van der Waals surface area (Å²) in [6.07, 6.45) is 0. The monoisotopic (exact) mass is 283 g/mol. The van der Waals surface area contributed by atoms with E-state index in [9.17, 15) is 13.2 Å². The van der Waals surface area contributed by atoms with E-state index in [-0.39, 0.29) is 29.4 Å². The molecule has 1 rings (SSSR count). The van der Waals surface area contributed by atoms with E-state index in [0.717, 1.165) is 11.3 Å². The van der Waals surface area contributed by atoms with E-state index < -0.39 is 5.51 Å². The molecule has 96 valence electrons. The fraction of sp³-hybridized carbons (Fsp3) is 0.455. The lowest BCUT2D eigenvalue weighted by atomic mass is 10.1. The molecule has 1 atom stereocenters. The lowest BCUT2D eigenvalue weighted by Gasteiger charge is -2.13. The summed E-state index contributed by atoms with van der Waals surface area (Å²) in [6.45, 7) is 2.08. The normalized spacial score (nSPS) is 13.5. The van der Waals surface area contributed by atoms with Crippen LogP contribution in [-0.2, 0) is 0 Å². The number of hydrogen-bond acceptors (Lipinski definition) is 2. The predicted molar refractivity (Wildman–Crippen MR) is 67.7 cm³/mol. The number of hydrogen-bond donors (Lipinski definition) is 1. The van der Waals surface area contributed by atoms with Crippen LogP contribution in [0.4, 0.5) is 18.9 Å². The van der Waals surface area contributed by atoms with Gasteiger partial charge in [0.25, 0.3) is 0 Å². The second-order valence-corrected chi connectivity index (χ2v) is 5.24. The van der Waals surface area contributed by atoms with Crippen molar-refractivity contribution < 1.29 is 13.2 Å². The number of alkyl halides is 4. The maximum atomic E-state index is 11.9. The Kier molecular flexibility index (Phi) is 5.46. The topological polar surface area (TPSA) is 12.0 Å². The van der Waals surface area contributed by atoms with E-state index in [0.29, 0.717) is 0 Å². The molecule has 0 heterocycles. The molecule has 1 aromatic rings. The molecule has 1 N–H and O–H groups in total. The van der Waals surface area contributed by atoms with Crippen molar-refractivity contribution in [1.29, 1.82) is 0 Å². The molecule has 0 aliphatic carbocycles. The summed E-state index contributed by atoms with van der Waals surface area (Å²) in [6, 6.07) is 7.34. The molecule has 17 heavy (non-hydrogen) atoms. The largest absolute Gasteiger partial charge is 0.441 e. The van der Waals surface area contributed by atoms with Crippen LogP contribution in [0, 0.1) is 0 Å². The lowest BCUT2D eigenvalue weighted by Crippen LogP contribution is -2.10. The van der Waals surface area contributed by atoms with Crippen molar-refractivity contribution in [3.8, 4) is 0 Å². The van der Waals surface area contributed by atoms with Gasteiger partial charge in [-0.1, -0.05) is 18.2 Å². The molecule has 6 heteroatoms. The molecule has 1 unspecified atom stereocenters. The van der Waals surface area contributed by atoms with Gasteiger partial charge in [-0.2, -0.15) is 13.2 Å². The van der Waals surface area contributed by atoms with Gasteiger partial charge in [-0.25, -0.2) is 0 Å². The summed E-state index contributed by atoms with van der Waals surface area (Å²) in [5.74, 6) is -0.0193. The Labute approximate surface area is 108 Å². The van der Waals surface area contributed by atoms with Crippen molar-refractivity contribution in [3.63, 3.8) is 0 Å². The van der Waals surface area contributed by atoms with Crippen LogP contribution in [0.3, 0.4) is 0 Å². The van der Waals surface area contributed by atoms with E-state index in [1.54, 1.807) is 0 Å². The van der Waals surface area contributed by atoms with E-state index in [2.05, 4.69) is 5.32 Å². The number of anilines is 1. The van der Waals surface area contributed by atoms with E-state index >= 15 is 0 Å². The van der Waals surface area contributed by atoms with Gasteiger partial charge < -0.3 is 5.32 Å². The number of rotatable bonds is 5. The predicted octanol–water partition coefficient (Wildman–Crippen LogP) is 4.65. The maximum Gasteiger partial charge on any atom is 0.441 e. The van der Waals surface area contributed by atoms with Gasteiger partial charge in [0.15, 0.2) is 0 Å². The average molecular weight is 284 g/mol. The minimum Gasteiger partial charge on any atom is -0.384 e. The molecular weight excluding hydrogens is 271 g/mol. The number of para-hydroxylation sites is 1. The Morgan fingerprint density at radius 3 is 2.59 bits per heavy atom. The quantitative estimate of drug-likeness (QED) is 0.623. The molecular formula is C11H13ClF3NS. The van der Waals surface area contributed by atoms with Crippen molar-refractivity contribution in [2.75, 3.05) is 17.6 Å². The fourth-order valence-electron chi connectivity index (χ4n) is 1.36. The molecule has 0 saturated carbocycles. The molecule has 0 aliphatic rings. The number of benzene rings is 1. The molecule has 1 aromatic carbocycles. The summed E-state index contributed by atoms with van der Waals surface area (Å²) in [7, 11) is 0. The van der Waals surface area contributed by atoms with Gasteiger partial charge in [-0.3, -0.25) is 0 Å². The van der Waals surface area contributed by atoms with E-state index in [1.165, 1.54) is 0 Å². The van der Waals surface area contributed by atoms with E-state index in [4.69, 9.17) is 11.6 Å².